The van der Waals surface area contributed by atoms with Gasteiger partial charge in [-0.15, -0.1) is 0 Å². The number of carbonyl (C=O) groups excluding carboxylic acids is 3. The fourth-order valence-electron chi connectivity index (χ4n) is 8.53. The molecule has 4 saturated carbocycles. The first-order valence-corrected chi connectivity index (χ1v) is 12.7. The molecule has 4 fully saturated rings. The van der Waals surface area contributed by atoms with Crippen molar-refractivity contribution in [1.29, 1.82) is 0 Å². The Hall–Kier alpha value is -1.85. The fourth-order valence-corrected chi connectivity index (χ4v) is 8.53. The summed E-state index contributed by atoms with van der Waals surface area (Å²) in [4.78, 5) is 35.4. The largest absolute Gasteiger partial charge is 0.463 e. The first-order chi connectivity index (χ1) is 15.5. The Kier molecular flexibility index (Phi) is 6.43. The number of rotatable bonds is 3. The van der Waals surface area contributed by atoms with Crippen molar-refractivity contribution in [1.82, 2.24) is 0 Å². The minimum absolute atomic E-state index is 0.0302. The molecule has 0 aromatic heterocycles. The van der Waals surface area contributed by atoms with E-state index < -0.39 is 0 Å². The molecule has 33 heavy (non-hydrogen) atoms. The molecule has 4 rings (SSSR count). The lowest BCUT2D eigenvalue weighted by Crippen LogP contribution is -2.58. The molecule has 0 heterocycles. The summed E-state index contributed by atoms with van der Waals surface area (Å²) in [5.41, 5.74) is 1.01. The van der Waals surface area contributed by atoms with Gasteiger partial charge in [-0.3, -0.25) is 14.4 Å². The number of fused-ring (bicyclic) bond motifs is 5. The second-order valence-electron chi connectivity index (χ2n) is 11.4. The van der Waals surface area contributed by atoms with Crippen LogP contribution in [-0.2, 0) is 28.6 Å². The van der Waals surface area contributed by atoms with Crippen molar-refractivity contribution in [2.75, 3.05) is 0 Å². The molecule has 0 amide bonds. The number of carbonyl (C=O) groups is 3. The van der Waals surface area contributed by atoms with E-state index in [2.05, 4.69) is 13.8 Å². The quantitative estimate of drug-likeness (QED) is 0.321. The number of allylic oxidation sites excluding steroid dienone is 1. The molecular weight excluding hydrogens is 420 g/mol. The SMILES string of the molecule is CC(=O)O/C(C)=C1\CC[C@H]2[C@@H]3CC[C@@H]4C[C@H](OC(C)=O)CC[C@]4(C)[C@H]3C[C@H](OC(C)=O)[C@]12C. The van der Waals surface area contributed by atoms with E-state index >= 15 is 0 Å². The van der Waals surface area contributed by atoms with Gasteiger partial charge in [0.25, 0.3) is 0 Å². The summed E-state index contributed by atoms with van der Waals surface area (Å²) in [6.45, 7) is 11.0. The molecule has 0 aromatic carbocycles. The zero-order valence-electron chi connectivity index (χ0n) is 21.1. The molecule has 8 atom stereocenters. The van der Waals surface area contributed by atoms with E-state index in [9.17, 15) is 14.4 Å². The molecule has 6 heteroatoms. The van der Waals surface area contributed by atoms with Crippen LogP contribution in [0, 0.1) is 34.5 Å². The van der Waals surface area contributed by atoms with Crippen LogP contribution >= 0.6 is 0 Å². The Labute approximate surface area is 197 Å². The van der Waals surface area contributed by atoms with Crippen molar-refractivity contribution >= 4 is 17.9 Å². The molecule has 0 aliphatic heterocycles. The van der Waals surface area contributed by atoms with Crippen LogP contribution in [0.1, 0.15) is 92.9 Å². The lowest BCUT2D eigenvalue weighted by molar-refractivity contribution is -0.184. The van der Waals surface area contributed by atoms with Gasteiger partial charge in [0, 0.05) is 26.2 Å². The van der Waals surface area contributed by atoms with Crippen LogP contribution in [0.4, 0.5) is 0 Å². The highest BCUT2D eigenvalue weighted by atomic mass is 16.5. The molecule has 0 unspecified atom stereocenters. The van der Waals surface area contributed by atoms with Gasteiger partial charge in [-0.1, -0.05) is 13.8 Å². The first kappa shape index (κ1) is 24.3. The third-order valence-electron chi connectivity index (χ3n) is 9.84. The summed E-state index contributed by atoms with van der Waals surface area (Å²) in [5.74, 6) is 1.93. The monoisotopic (exact) mass is 460 g/mol. The molecule has 0 N–H and O–H groups in total. The van der Waals surface area contributed by atoms with Gasteiger partial charge in [-0.05, 0) is 93.0 Å². The van der Waals surface area contributed by atoms with Gasteiger partial charge >= 0.3 is 17.9 Å². The van der Waals surface area contributed by atoms with Gasteiger partial charge in [-0.25, -0.2) is 0 Å². The normalized spacial score (nSPS) is 43.5. The Morgan fingerprint density at radius 2 is 1.52 bits per heavy atom. The van der Waals surface area contributed by atoms with Crippen LogP contribution in [0.2, 0.25) is 0 Å². The highest BCUT2D eigenvalue weighted by molar-refractivity contribution is 5.68. The van der Waals surface area contributed by atoms with E-state index in [1.165, 1.54) is 20.8 Å². The van der Waals surface area contributed by atoms with Crippen molar-refractivity contribution in [3.63, 3.8) is 0 Å². The average molecular weight is 461 g/mol. The van der Waals surface area contributed by atoms with Crippen molar-refractivity contribution in [3.05, 3.63) is 11.3 Å². The van der Waals surface area contributed by atoms with Gasteiger partial charge in [-0.2, -0.15) is 0 Å². The Morgan fingerprint density at radius 3 is 2.15 bits per heavy atom. The number of hydrogen-bond acceptors (Lipinski definition) is 6. The van der Waals surface area contributed by atoms with Crippen molar-refractivity contribution in [2.24, 2.45) is 34.5 Å². The predicted octanol–water partition coefficient (Wildman–Crippen LogP) is 5.34. The van der Waals surface area contributed by atoms with Gasteiger partial charge in [0.05, 0.1) is 0 Å². The fraction of sp³-hybridized carbons (Fsp3) is 0.815. The van der Waals surface area contributed by atoms with E-state index in [1.807, 2.05) is 6.92 Å². The van der Waals surface area contributed by atoms with Gasteiger partial charge in [0.1, 0.15) is 18.0 Å². The molecule has 0 radical (unpaired) electrons. The summed E-state index contributed by atoms with van der Waals surface area (Å²) < 4.78 is 17.2. The molecule has 0 aromatic rings. The average Bonchev–Trinajstić information content (AvgIpc) is 3.06. The van der Waals surface area contributed by atoms with Crippen LogP contribution < -0.4 is 0 Å². The lowest BCUT2D eigenvalue weighted by atomic mass is 9.44. The number of ether oxygens (including phenoxy) is 3. The molecule has 4 aliphatic carbocycles. The summed E-state index contributed by atoms with van der Waals surface area (Å²) in [5, 5.41) is 0. The summed E-state index contributed by atoms with van der Waals surface area (Å²) in [6, 6.07) is 0. The second-order valence-corrected chi connectivity index (χ2v) is 11.4. The maximum Gasteiger partial charge on any atom is 0.307 e. The zero-order chi connectivity index (χ0) is 24.1. The van der Waals surface area contributed by atoms with Crippen LogP contribution in [0.5, 0.6) is 0 Å². The van der Waals surface area contributed by atoms with Crippen molar-refractivity contribution < 1.29 is 28.6 Å². The zero-order valence-corrected chi connectivity index (χ0v) is 21.1. The standard InChI is InChI=1S/C27H40O6/c1-15(31-16(2)28)22-9-10-23-21-8-7-19-13-20(32-17(3)29)11-12-26(19,5)24(21)14-25(27(22,23)6)33-18(4)30/h19-21,23-25H,7-14H2,1-6H3/b22-15+/t19-,20-,21+,23+,24+,25+,26+,27-/m1/s1. The van der Waals surface area contributed by atoms with Crippen LogP contribution in [0.15, 0.2) is 11.3 Å². The summed E-state index contributed by atoms with van der Waals surface area (Å²) in [6.07, 6.45) is 7.79. The molecular formula is C27H40O6. The molecule has 0 bridgehead atoms. The smallest absolute Gasteiger partial charge is 0.307 e. The minimum atomic E-state index is -0.303. The van der Waals surface area contributed by atoms with Crippen LogP contribution in [0.3, 0.4) is 0 Å². The Bertz CT molecular complexity index is 861. The van der Waals surface area contributed by atoms with E-state index in [0.29, 0.717) is 29.4 Å². The van der Waals surface area contributed by atoms with Crippen molar-refractivity contribution in [2.45, 2.75) is 105 Å². The highest BCUT2D eigenvalue weighted by Crippen LogP contribution is 2.68. The highest BCUT2D eigenvalue weighted by Gasteiger charge is 2.63. The summed E-state index contributed by atoms with van der Waals surface area (Å²) in [7, 11) is 0. The predicted molar refractivity (Wildman–Crippen MR) is 123 cm³/mol. The van der Waals surface area contributed by atoms with Gasteiger partial charge in [0.2, 0.25) is 0 Å². The Balaban J connectivity index is 1.67. The van der Waals surface area contributed by atoms with E-state index in [-0.39, 0.29) is 40.9 Å². The van der Waals surface area contributed by atoms with Crippen LogP contribution in [-0.4, -0.2) is 30.1 Å². The van der Waals surface area contributed by atoms with Gasteiger partial charge in [0.15, 0.2) is 0 Å². The number of hydrogen-bond donors (Lipinski definition) is 0. The molecule has 6 nitrogen and oxygen atoms in total. The Morgan fingerprint density at radius 1 is 0.818 bits per heavy atom. The van der Waals surface area contributed by atoms with Crippen LogP contribution in [0.25, 0.3) is 0 Å². The summed E-state index contributed by atoms with van der Waals surface area (Å²) >= 11 is 0. The second kappa shape index (κ2) is 8.74. The molecule has 0 saturated heterocycles. The number of esters is 3. The maximum absolute atomic E-state index is 12.2. The van der Waals surface area contributed by atoms with Gasteiger partial charge < -0.3 is 14.2 Å². The third kappa shape index (κ3) is 4.12. The van der Waals surface area contributed by atoms with E-state index in [4.69, 9.17) is 14.2 Å². The molecule has 4 aliphatic rings. The van der Waals surface area contributed by atoms with Crippen molar-refractivity contribution in [3.8, 4) is 0 Å². The molecule has 0 spiro atoms. The minimum Gasteiger partial charge on any atom is -0.463 e. The molecule has 184 valence electrons. The topological polar surface area (TPSA) is 78.9 Å². The first-order valence-electron chi connectivity index (χ1n) is 12.7. The maximum atomic E-state index is 12.2. The lowest BCUT2D eigenvalue weighted by Gasteiger charge is -2.62. The third-order valence-corrected chi connectivity index (χ3v) is 9.84. The van der Waals surface area contributed by atoms with E-state index in [0.717, 1.165) is 56.9 Å². The van der Waals surface area contributed by atoms with E-state index in [1.54, 1.807) is 0 Å².